The van der Waals surface area contributed by atoms with Crippen LogP contribution in [0.1, 0.15) is 45.1 Å². The number of esters is 1. The lowest BCUT2D eigenvalue weighted by Gasteiger charge is -2.36. The Labute approximate surface area is 128 Å². The molecule has 0 aromatic heterocycles. The second kappa shape index (κ2) is 7.60. The summed E-state index contributed by atoms with van der Waals surface area (Å²) in [5.41, 5.74) is 0.939. The van der Waals surface area contributed by atoms with Gasteiger partial charge in [-0.15, -0.1) is 0 Å². The van der Waals surface area contributed by atoms with Crippen molar-refractivity contribution in [3.63, 3.8) is 0 Å². The van der Waals surface area contributed by atoms with E-state index in [0.29, 0.717) is 12.3 Å². The molecule has 0 bridgehead atoms. The van der Waals surface area contributed by atoms with Gasteiger partial charge >= 0.3 is 5.97 Å². The highest BCUT2D eigenvalue weighted by Gasteiger charge is 2.33. The van der Waals surface area contributed by atoms with E-state index < -0.39 is 0 Å². The summed E-state index contributed by atoms with van der Waals surface area (Å²) < 4.78 is 5.75. The minimum absolute atomic E-state index is 0.0607. The van der Waals surface area contributed by atoms with E-state index >= 15 is 0 Å². The van der Waals surface area contributed by atoms with Crippen molar-refractivity contribution in [3.8, 4) is 0 Å². The van der Waals surface area contributed by atoms with E-state index in [1.165, 1.54) is 5.56 Å². The molecule has 1 aromatic carbocycles. The number of piperidine rings is 1. The van der Waals surface area contributed by atoms with Crippen LogP contribution in [0.2, 0.25) is 0 Å². The zero-order chi connectivity index (χ0) is 15.1. The van der Waals surface area contributed by atoms with Gasteiger partial charge in [0.15, 0.2) is 0 Å². The summed E-state index contributed by atoms with van der Waals surface area (Å²) in [4.78, 5) is 12.1. The van der Waals surface area contributed by atoms with Gasteiger partial charge in [-0.1, -0.05) is 30.3 Å². The summed E-state index contributed by atoms with van der Waals surface area (Å²) in [5, 5.41) is 3.35. The van der Waals surface area contributed by atoms with Gasteiger partial charge in [-0.05, 0) is 58.2 Å². The van der Waals surface area contributed by atoms with Crippen LogP contribution in [0.3, 0.4) is 0 Å². The molecule has 1 saturated heterocycles. The topological polar surface area (TPSA) is 38.3 Å². The number of benzene rings is 1. The summed E-state index contributed by atoms with van der Waals surface area (Å²) >= 11 is 0. The molecule has 3 nitrogen and oxygen atoms in total. The highest BCUT2D eigenvalue weighted by Crippen LogP contribution is 2.29. The maximum atomic E-state index is 12.1. The molecule has 0 amide bonds. The van der Waals surface area contributed by atoms with E-state index in [9.17, 15) is 4.79 Å². The second-order valence-electron chi connectivity index (χ2n) is 6.44. The van der Waals surface area contributed by atoms with Gasteiger partial charge in [0.25, 0.3) is 0 Å². The minimum atomic E-state index is -0.341. The van der Waals surface area contributed by atoms with Crippen LogP contribution in [0, 0.1) is 5.92 Å². The van der Waals surface area contributed by atoms with Crippen molar-refractivity contribution in [1.82, 2.24) is 5.32 Å². The van der Waals surface area contributed by atoms with E-state index in [2.05, 4.69) is 31.3 Å². The maximum Gasteiger partial charge on any atom is 0.306 e. The molecule has 0 atom stereocenters. The van der Waals surface area contributed by atoms with Gasteiger partial charge in [0.05, 0.1) is 0 Å². The lowest BCUT2D eigenvalue weighted by molar-refractivity contribution is -0.162. The second-order valence-corrected chi connectivity index (χ2v) is 6.44. The van der Waals surface area contributed by atoms with E-state index in [1.54, 1.807) is 0 Å². The monoisotopic (exact) mass is 289 g/mol. The summed E-state index contributed by atoms with van der Waals surface area (Å²) in [6, 6.07) is 10.3. The van der Waals surface area contributed by atoms with Gasteiger partial charge in [-0.25, -0.2) is 0 Å². The zero-order valence-corrected chi connectivity index (χ0v) is 13.2. The smallest absolute Gasteiger partial charge is 0.306 e. The van der Waals surface area contributed by atoms with Gasteiger partial charge in [0.2, 0.25) is 0 Å². The Kier molecular flexibility index (Phi) is 5.80. The molecule has 21 heavy (non-hydrogen) atoms. The molecule has 116 valence electrons. The molecule has 1 aromatic rings. The van der Waals surface area contributed by atoms with Crippen molar-refractivity contribution in [3.05, 3.63) is 35.9 Å². The van der Waals surface area contributed by atoms with Crippen molar-refractivity contribution in [1.29, 1.82) is 0 Å². The van der Waals surface area contributed by atoms with Crippen LogP contribution in [-0.4, -0.2) is 24.7 Å². The Morgan fingerprint density at radius 2 is 1.90 bits per heavy atom. The van der Waals surface area contributed by atoms with Crippen LogP contribution in [0.25, 0.3) is 0 Å². The number of carbonyl (C=O) groups excluding carboxylic acids is 1. The van der Waals surface area contributed by atoms with Gasteiger partial charge < -0.3 is 10.1 Å². The Morgan fingerprint density at radius 3 is 2.57 bits per heavy atom. The number of hydrogen-bond acceptors (Lipinski definition) is 3. The third-order valence-corrected chi connectivity index (χ3v) is 4.39. The first-order valence-corrected chi connectivity index (χ1v) is 8.04. The number of nitrogens with one attached hydrogen (secondary N) is 1. The normalized spacial score (nSPS) is 16.7. The van der Waals surface area contributed by atoms with Crippen LogP contribution in [-0.2, 0) is 16.0 Å². The van der Waals surface area contributed by atoms with Crippen molar-refractivity contribution < 1.29 is 9.53 Å². The lowest BCUT2D eigenvalue weighted by Crippen LogP contribution is -2.42. The molecule has 1 heterocycles. The van der Waals surface area contributed by atoms with Crippen LogP contribution < -0.4 is 5.32 Å². The Balaban J connectivity index is 1.73. The molecule has 0 spiro atoms. The molecule has 1 aliphatic rings. The summed E-state index contributed by atoms with van der Waals surface area (Å²) in [5.74, 6) is 0.409. The molecule has 0 radical (unpaired) electrons. The fraction of sp³-hybridized carbons (Fsp3) is 0.611. The maximum absolute atomic E-state index is 12.1. The fourth-order valence-corrected chi connectivity index (χ4v) is 3.03. The third-order valence-electron chi connectivity index (χ3n) is 4.39. The first-order chi connectivity index (χ1) is 10.1. The van der Waals surface area contributed by atoms with Crippen molar-refractivity contribution in [2.75, 3.05) is 13.1 Å². The molecule has 1 fully saturated rings. The fourth-order valence-electron chi connectivity index (χ4n) is 3.03. The minimum Gasteiger partial charge on any atom is -0.459 e. The molecule has 1 N–H and O–H groups in total. The number of aryl methyl sites for hydroxylation is 1. The third kappa shape index (κ3) is 5.16. The van der Waals surface area contributed by atoms with Crippen LogP contribution >= 0.6 is 0 Å². The Morgan fingerprint density at radius 1 is 1.24 bits per heavy atom. The van der Waals surface area contributed by atoms with Gasteiger partial charge in [0.1, 0.15) is 5.60 Å². The van der Waals surface area contributed by atoms with Crippen LogP contribution in [0.5, 0.6) is 0 Å². The van der Waals surface area contributed by atoms with Gasteiger partial charge in [-0.3, -0.25) is 4.79 Å². The van der Waals surface area contributed by atoms with Gasteiger partial charge in [0, 0.05) is 12.3 Å². The molecule has 0 saturated carbocycles. The average molecular weight is 289 g/mol. The zero-order valence-electron chi connectivity index (χ0n) is 13.2. The van der Waals surface area contributed by atoms with Crippen LogP contribution in [0.4, 0.5) is 0 Å². The molecule has 2 rings (SSSR count). The van der Waals surface area contributed by atoms with Crippen molar-refractivity contribution >= 4 is 5.97 Å². The molecule has 3 heteroatoms. The summed E-state index contributed by atoms with van der Waals surface area (Å²) in [7, 11) is 0. The van der Waals surface area contributed by atoms with Crippen molar-refractivity contribution in [2.24, 2.45) is 5.92 Å². The number of hydrogen-bond donors (Lipinski definition) is 1. The predicted molar refractivity (Wildman–Crippen MR) is 85.1 cm³/mol. The molecule has 0 aliphatic carbocycles. The van der Waals surface area contributed by atoms with E-state index in [0.717, 1.165) is 38.8 Å². The lowest BCUT2D eigenvalue weighted by atomic mass is 9.83. The molecular weight excluding hydrogens is 262 g/mol. The summed E-state index contributed by atoms with van der Waals surface area (Å²) in [6.45, 7) is 6.16. The highest BCUT2D eigenvalue weighted by atomic mass is 16.6. The first-order valence-electron chi connectivity index (χ1n) is 8.04. The Hall–Kier alpha value is -1.35. The quantitative estimate of drug-likeness (QED) is 0.816. The molecule has 1 aliphatic heterocycles. The van der Waals surface area contributed by atoms with Crippen molar-refractivity contribution in [2.45, 2.75) is 51.6 Å². The largest absolute Gasteiger partial charge is 0.459 e. The SMILES string of the molecule is CC(C)(OC(=O)CCCc1ccccc1)C1CCNCC1. The Bertz CT molecular complexity index is 436. The molecule has 0 unspecified atom stereocenters. The van der Waals surface area contributed by atoms with E-state index in [1.807, 2.05) is 18.2 Å². The van der Waals surface area contributed by atoms with Crippen LogP contribution in [0.15, 0.2) is 30.3 Å². The average Bonchev–Trinajstić information content (AvgIpc) is 2.49. The highest BCUT2D eigenvalue weighted by molar-refractivity contribution is 5.69. The molecular formula is C18H27NO2. The number of rotatable bonds is 6. The van der Waals surface area contributed by atoms with E-state index in [4.69, 9.17) is 4.74 Å². The van der Waals surface area contributed by atoms with E-state index in [-0.39, 0.29) is 11.6 Å². The first kappa shape index (κ1) is 16.0. The predicted octanol–water partition coefficient (Wildman–Crippen LogP) is 3.33. The van der Waals surface area contributed by atoms with Gasteiger partial charge in [-0.2, -0.15) is 0 Å². The number of ether oxygens (including phenoxy) is 1. The standard InChI is InChI=1S/C18H27NO2/c1-18(2,16-11-13-19-14-12-16)21-17(20)10-6-9-15-7-4-3-5-8-15/h3-5,7-8,16,19H,6,9-14H2,1-2H3. The number of carbonyl (C=O) groups is 1. The summed E-state index contributed by atoms with van der Waals surface area (Å²) in [6.07, 6.45) is 4.47.